The van der Waals surface area contributed by atoms with Crippen LogP contribution in [0.15, 0.2) is 0 Å². The van der Waals surface area contributed by atoms with E-state index in [9.17, 15) is 187 Å². The Bertz CT molecular complexity index is 4110. The molecule has 12 saturated heterocycles. The molecule has 12 aliphatic heterocycles. The summed E-state index contributed by atoms with van der Waals surface area (Å²) in [5, 5.41) is 375. The first-order chi connectivity index (χ1) is 69.6. The van der Waals surface area contributed by atoms with Gasteiger partial charge in [0.15, 0.2) is 75.5 Å². The molecule has 12 heterocycles. The van der Waals surface area contributed by atoms with Gasteiger partial charge < -0.3 is 299 Å². The number of rotatable bonds is 38. The molecule has 65 heteroatoms. The third-order valence-corrected chi connectivity index (χ3v) is 27.1. The number of hydrogen-bond acceptors (Lipinski definition) is 60. The minimum absolute atomic E-state index is 0.837. The first-order valence-electron chi connectivity index (χ1n) is 47.0. The lowest BCUT2D eigenvalue weighted by atomic mass is 9.93. The molecule has 0 aromatic rings. The van der Waals surface area contributed by atoms with E-state index in [0.717, 1.165) is 34.6 Å². The predicted octanol–water partition coefficient (Wildman–Crippen LogP) is -25.4. The second-order valence-corrected chi connectivity index (χ2v) is 37.3. The molecule has 0 spiro atoms. The Hall–Kier alpha value is -4.85. The molecule has 147 heavy (non-hydrogen) atoms. The number of nitrogens with one attached hydrogen (secondary N) is 5. The lowest BCUT2D eigenvalue weighted by molar-refractivity contribution is -0.410. The van der Waals surface area contributed by atoms with Crippen molar-refractivity contribution in [2.45, 2.75) is 410 Å². The zero-order valence-corrected chi connectivity index (χ0v) is 79.2. The van der Waals surface area contributed by atoms with E-state index in [1.165, 1.54) is 6.92 Å². The Balaban J connectivity index is 0.962. The number of hydrogen-bond donors (Lipinski definition) is 37. The van der Waals surface area contributed by atoms with E-state index >= 15 is 0 Å². The maximum absolute atomic E-state index is 14.0. The summed E-state index contributed by atoms with van der Waals surface area (Å²) in [5.74, 6) is -5.07. The Labute approximate surface area is 832 Å². The molecule has 12 fully saturated rings. The zero-order valence-electron chi connectivity index (χ0n) is 79.2. The lowest BCUT2D eigenvalue weighted by Crippen LogP contribution is -2.72. The van der Waals surface area contributed by atoms with Crippen LogP contribution in [0.4, 0.5) is 0 Å². The van der Waals surface area contributed by atoms with Crippen LogP contribution in [0.25, 0.3) is 0 Å². The van der Waals surface area contributed by atoms with Gasteiger partial charge >= 0.3 is 0 Å². The Morgan fingerprint density at radius 1 is 0.190 bits per heavy atom. The van der Waals surface area contributed by atoms with Crippen molar-refractivity contribution in [3.8, 4) is 0 Å². The first-order valence-corrected chi connectivity index (χ1v) is 47.0. The van der Waals surface area contributed by atoms with Gasteiger partial charge in [0.2, 0.25) is 29.5 Å². The van der Waals surface area contributed by atoms with Gasteiger partial charge in [0.1, 0.15) is 287 Å². The van der Waals surface area contributed by atoms with Gasteiger partial charge in [-0.05, 0) is 6.92 Å². The number of ether oxygens (including phenoxy) is 23. The van der Waals surface area contributed by atoms with E-state index in [4.69, 9.17) is 109 Å². The molecule has 37 N–H and O–H groups in total. The van der Waals surface area contributed by atoms with Gasteiger partial charge in [-0.2, -0.15) is 0 Å². The molecule has 12 aliphatic rings. The van der Waals surface area contributed by atoms with Crippen molar-refractivity contribution < 1.29 is 296 Å². The zero-order chi connectivity index (χ0) is 108. The Kier molecular flexibility index (Phi) is 43.4. The molecule has 12 rings (SSSR count). The first kappa shape index (κ1) is 121. The van der Waals surface area contributed by atoms with Crippen LogP contribution in [-0.2, 0) is 133 Å². The van der Waals surface area contributed by atoms with E-state index in [1.54, 1.807) is 0 Å². The monoisotopic (exact) mass is 2150 g/mol. The third-order valence-electron chi connectivity index (χ3n) is 27.1. The predicted molar refractivity (Wildman–Crippen MR) is 452 cm³/mol. The Morgan fingerprint density at radius 2 is 0.429 bits per heavy atom. The molecule has 0 aromatic heterocycles. The highest BCUT2D eigenvalue weighted by Crippen LogP contribution is 2.44. The van der Waals surface area contributed by atoms with Gasteiger partial charge in [0.25, 0.3) is 0 Å². The van der Waals surface area contributed by atoms with Crippen LogP contribution >= 0.6 is 0 Å². The molecule has 0 bridgehead atoms. The molecular weight excluding hydrogens is 2010 g/mol. The molecule has 60 atom stereocenters. The normalized spacial score (nSPS) is 49.6. The van der Waals surface area contributed by atoms with Crippen LogP contribution in [-0.4, -0.2) is 634 Å². The maximum atomic E-state index is 14.0. The van der Waals surface area contributed by atoms with Gasteiger partial charge in [0, 0.05) is 34.6 Å². The van der Waals surface area contributed by atoms with Gasteiger partial charge in [-0.1, -0.05) is 0 Å². The van der Waals surface area contributed by atoms with Crippen molar-refractivity contribution in [1.29, 1.82) is 0 Å². The number of aliphatic hydroxyl groups excluding tert-OH is 32. The summed E-state index contributed by atoms with van der Waals surface area (Å²) in [6, 6.07) is -10.2. The summed E-state index contributed by atoms with van der Waals surface area (Å²) in [7, 11) is 0. The lowest BCUT2D eigenvalue weighted by Gasteiger charge is -2.53. The van der Waals surface area contributed by atoms with Crippen molar-refractivity contribution in [2.75, 3.05) is 72.7 Å². The van der Waals surface area contributed by atoms with Gasteiger partial charge in [0.05, 0.1) is 78.8 Å². The fourth-order valence-electron chi connectivity index (χ4n) is 19.3. The van der Waals surface area contributed by atoms with Crippen molar-refractivity contribution in [2.24, 2.45) is 0 Å². The quantitative estimate of drug-likeness (QED) is 0.0273. The largest absolute Gasteiger partial charge is 0.394 e. The van der Waals surface area contributed by atoms with Crippen molar-refractivity contribution in [3.63, 3.8) is 0 Å². The van der Waals surface area contributed by atoms with Crippen LogP contribution in [0.5, 0.6) is 0 Å². The van der Waals surface area contributed by atoms with Gasteiger partial charge in [-0.25, -0.2) is 0 Å². The minimum atomic E-state index is -2.82. The van der Waals surface area contributed by atoms with Crippen LogP contribution in [0.2, 0.25) is 0 Å². The minimum Gasteiger partial charge on any atom is -0.394 e. The van der Waals surface area contributed by atoms with E-state index in [1.807, 2.05) is 0 Å². The van der Waals surface area contributed by atoms with Gasteiger partial charge in [-0.3, -0.25) is 24.0 Å². The molecule has 0 aliphatic carbocycles. The highest BCUT2D eigenvalue weighted by molar-refractivity contribution is 5.75. The van der Waals surface area contributed by atoms with Gasteiger partial charge in [-0.15, -0.1) is 0 Å². The molecule has 0 unspecified atom stereocenters. The van der Waals surface area contributed by atoms with Crippen molar-refractivity contribution >= 4 is 29.5 Å². The number of carbonyl (C=O) groups excluding carboxylic acids is 5. The Morgan fingerprint density at radius 3 is 0.796 bits per heavy atom. The van der Waals surface area contributed by atoms with Crippen LogP contribution in [0.1, 0.15) is 41.5 Å². The second kappa shape index (κ2) is 52.8. The standard InChI is InChI=1S/C82H137N5O60/c1-18-40(103)50(113)55(118)76(126-18)144-67-39(87-23(6)102)75(135-33(16-97)66(67)143-79-58(121)53(116)43(106)26(9-90)130-79)147-70-59(122)65(139-73-37(85-21(4)100)47(110)62(29(12-93)133-73)140-77-56(119)51(114)41(104)24(7-88)128-77)32(15-96)136-82(70)145-68-45(108)34(137-80(60(68)123)142-64-31(14-95)132-72(36(48(64)111)84-20(3)99)138-61-28(11-92)127-71(124)35(46(61)109)83-19(2)98)17-125-81-69(54(117)44(107)27(10-91)131-81)146-74-38(86-22(5)101)49(112)63(30(13-94)134-74)141-78-57(120)52(115)42(105)25(8-89)129-78/h18,24-82,88-97,103-124H,7-17H2,1-6H3,(H,83,98)(H,84,99)(H,85,100)(H,86,101)(H,87,102)/t18-,24+,25+,26+,27+,28+,29+,30+,31+,32+,33+,34+,35+,36+,37+,38+,39+,40+,41-,42-,43-,44+,45+,46+,47+,48+,49+,50+,51-,52-,53-,54-,55-,56+,57+,58+,59-,60-,61+,62+,63+,64+,65+,66+,67+,68-,69-,70-,71+,72-,73-,74-,75-,76-,77-,78-,79-,80-,81-,82+/m0/s1. The van der Waals surface area contributed by atoms with E-state index in [0.29, 0.717) is 0 Å². The topological polar surface area (TPSA) is 1010 Å². The van der Waals surface area contributed by atoms with Crippen molar-refractivity contribution in [1.82, 2.24) is 26.6 Å². The van der Waals surface area contributed by atoms with Crippen molar-refractivity contribution in [3.05, 3.63) is 0 Å². The highest BCUT2D eigenvalue weighted by Gasteiger charge is 2.65. The average Bonchev–Trinajstić information content (AvgIpc) is 0.744. The fourth-order valence-corrected chi connectivity index (χ4v) is 19.3. The second-order valence-electron chi connectivity index (χ2n) is 37.3. The molecule has 0 aromatic carbocycles. The average molecular weight is 2150 g/mol. The van der Waals surface area contributed by atoms with Crippen LogP contribution in [0.3, 0.4) is 0 Å². The smallest absolute Gasteiger partial charge is 0.217 e. The molecule has 65 nitrogen and oxygen atoms in total. The van der Waals surface area contributed by atoms with E-state index < -0.39 is 470 Å². The summed E-state index contributed by atoms with van der Waals surface area (Å²) in [6.45, 7) is -7.73. The molecular formula is C82H137N5O60. The maximum Gasteiger partial charge on any atom is 0.217 e. The fraction of sp³-hybridized carbons (Fsp3) is 0.939. The summed E-state index contributed by atoms with van der Waals surface area (Å²) >= 11 is 0. The summed E-state index contributed by atoms with van der Waals surface area (Å²) in [5.41, 5.74) is 0. The SMILES string of the molecule is CC(=O)N[C@@H]1[C@@H](O)[C@H](O[C@@H]2O[C@H](CO)[C@@H](O[C@@H]3O[C@H](CO[C@H]4O[C@H](CO)[C@@H](O)[C@H](O)[C@@H]4O[C@@H]4O[C@H](CO)[C@@H](O[C@@H]5O[C@H](CO)[C@H](O)[C@H](O)[C@H]5O)[C@H](O)[C@H]4NC(C)=O)[C@@H](O)[C@H](O[C@H]4O[C@H](CO)[C@@H](O[C@@H]5O[C@H](CO)[C@@H](O[C@@H]6O[C@H](CO)[C@H](O)[C@H](O)[C@H]6O)[C@H](O)[C@H]5NC(C)=O)[C@H](O)[C@@H]4O[C@@H]4O[C@H](CO)[C@@H](O[C@@H]5O[C@H](CO)[C@H](O)[C@H](O)[C@H]5O)[C@H](O[C@@H]5O[C@@H](C)[C@@H](O)[C@@H](O)[C@@H]5O)[C@H]4NC(C)=O)[C@@H]3O)[C@H](O)[C@H]2NC(C)=O)[C@@H](CO)O[C@H]1O. The molecule has 0 radical (unpaired) electrons. The molecule has 5 amide bonds. The number of carbonyl (C=O) groups is 5. The summed E-state index contributed by atoms with van der Waals surface area (Å²) in [4.78, 5) is 66.2. The number of aliphatic hydroxyl groups is 32. The molecule has 850 valence electrons. The third kappa shape index (κ3) is 26.7. The summed E-state index contributed by atoms with van der Waals surface area (Å²) < 4.78 is 140. The van der Waals surface area contributed by atoms with Crippen LogP contribution < -0.4 is 26.6 Å². The van der Waals surface area contributed by atoms with E-state index in [2.05, 4.69) is 26.6 Å². The summed E-state index contributed by atoms with van der Waals surface area (Å²) in [6.07, 6.45) is -122. The van der Waals surface area contributed by atoms with E-state index in [-0.39, 0.29) is 0 Å². The highest BCUT2D eigenvalue weighted by atomic mass is 16.8. The number of amides is 5. The van der Waals surface area contributed by atoms with Crippen LogP contribution in [0, 0.1) is 0 Å². The molecule has 0 saturated carbocycles.